The Kier molecular flexibility index (Phi) is 3.67. The van der Waals surface area contributed by atoms with Gasteiger partial charge >= 0.3 is 0 Å². The van der Waals surface area contributed by atoms with Crippen LogP contribution in [-0.4, -0.2) is 0 Å². The topological polar surface area (TPSA) is 35.2 Å². The predicted octanol–water partition coefficient (Wildman–Crippen LogP) is 3.78. The Morgan fingerprint density at radius 3 is 2.56 bits per heavy atom. The average Bonchev–Trinajstić information content (AvgIpc) is 2.30. The summed E-state index contributed by atoms with van der Waals surface area (Å²) < 4.78 is 31.4. The highest BCUT2D eigenvalue weighted by Crippen LogP contribution is 2.27. The number of rotatable bonds is 3. The number of halogens is 3. The van der Waals surface area contributed by atoms with Gasteiger partial charge in [-0.05, 0) is 30.3 Å². The second-order valence-corrected chi connectivity index (χ2v) is 4.12. The molecule has 0 unspecified atom stereocenters. The van der Waals surface area contributed by atoms with Crippen molar-refractivity contribution in [2.45, 2.75) is 6.61 Å². The molecule has 2 aromatic rings. The Labute approximate surface area is 108 Å². The largest absolute Gasteiger partial charge is 0.487 e. The van der Waals surface area contributed by atoms with Crippen molar-refractivity contribution in [2.24, 2.45) is 0 Å². The lowest BCUT2D eigenvalue weighted by molar-refractivity contribution is 0.299. The summed E-state index contributed by atoms with van der Waals surface area (Å²) in [5.74, 6) is -0.877. The van der Waals surface area contributed by atoms with E-state index in [-0.39, 0.29) is 12.2 Å². The smallest absolute Gasteiger partial charge is 0.138 e. The van der Waals surface area contributed by atoms with Gasteiger partial charge in [-0.25, -0.2) is 8.78 Å². The average molecular weight is 270 g/mol. The van der Waals surface area contributed by atoms with E-state index >= 15 is 0 Å². The number of hydrogen-bond acceptors (Lipinski definition) is 2. The third kappa shape index (κ3) is 2.90. The summed E-state index contributed by atoms with van der Waals surface area (Å²) in [6, 6.07) is 8.07. The summed E-state index contributed by atoms with van der Waals surface area (Å²) in [6.07, 6.45) is 0. The molecule has 0 aliphatic carbocycles. The Balaban J connectivity index is 2.11. The highest BCUT2D eigenvalue weighted by molar-refractivity contribution is 6.32. The number of ether oxygens (including phenoxy) is 1. The Hall–Kier alpha value is -1.81. The van der Waals surface area contributed by atoms with E-state index in [0.29, 0.717) is 16.5 Å². The molecule has 0 aliphatic rings. The molecule has 0 atom stereocenters. The highest BCUT2D eigenvalue weighted by Gasteiger charge is 2.06. The summed E-state index contributed by atoms with van der Waals surface area (Å²) in [7, 11) is 0. The Bertz CT molecular complexity index is 523. The van der Waals surface area contributed by atoms with Gasteiger partial charge in [0.25, 0.3) is 0 Å². The molecule has 2 aromatic carbocycles. The number of anilines is 1. The lowest BCUT2D eigenvalue weighted by atomic mass is 10.2. The first-order valence-corrected chi connectivity index (χ1v) is 5.56. The Morgan fingerprint density at radius 2 is 1.89 bits per heavy atom. The van der Waals surface area contributed by atoms with Crippen molar-refractivity contribution in [2.75, 3.05) is 5.73 Å². The lowest BCUT2D eigenvalue weighted by Crippen LogP contribution is -1.99. The van der Waals surface area contributed by atoms with Gasteiger partial charge in [-0.1, -0.05) is 11.6 Å². The minimum Gasteiger partial charge on any atom is -0.487 e. The number of benzene rings is 2. The monoisotopic (exact) mass is 269 g/mol. The van der Waals surface area contributed by atoms with E-state index in [9.17, 15) is 8.78 Å². The van der Waals surface area contributed by atoms with Crippen LogP contribution < -0.4 is 10.5 Å². The van der Waals surface area contributed by atoms with Crippen molar-refractivity contribution in [3.8, 4) is 5.75 Å². The van der Waals surface area contributed by atoms with Crippen LogP contribution in [0, 0.1) is 11.6 Å². The van der Waals surface area contributed by atoms with Crippen LogP contribution in [-0.2, 0) is 6.61 Å². The quantitative estimate of drug-likeness (QED) is 0.861. The summed E-state index contributed by atoms with van der Waals surface area (Å²) >= 11 is 5.90. The zero-order valence-corrected chi connectivity index (χ0v) is 10.0. The fourth-order valence-electron chi connectivity index (χ4n) is 1.43. The summed E-state index contributed by atoms with van der Waals surface area (Å²) in [5, 5.41) is 0.345. The van der Waals surface area contributed by atoms with Crippen LogP contribution in [0.2, 0.25) is 5.02 Å². The van der Waals surface area contributed by atoms with Gasteiger partial charge in [0, 0.05) is 17.3 Å². The van der Waals surface area contributed by atoms with Crippen molar-refractivity contribution in [1.29, 1.82) is 0 Å². The van der Waals surface area contributed by atoms with Gasteiger partial charge in [0.1, 0.15) is 24.0 Å². The van der Waals surface area contributed by atoms with Crippen LogP contribution in [0.5, 0.6) is 5.75 Å². The maximum Gasteiger partial charge on any atom is 0.138 e. The first kappa shape index (κ1) is 12.6. The van der Waals surface area contributed by atoms with E-state index in [1.165, 1.54) is 18.2 Å². The van der Waals surface area contributed by atoms with Crippen molar-refractivity contribution in [1.82, 2.24) is 0 Å². The molecule has 2 rings (SSSR count). The molecule has 0 radical (unpaired) electrons. The van der Waals surface area contributed by atoms with E-state index in [1.807, 2.05) is 0 Å². The van der Waals surface area contributed by atoms with Crippen LogP contribution in [0.4, 0.5) is 14.5 Å². The Morgan fingerprint density at radius 1 is 1.11 bits per heavy atom. The van der Waals surface area contributed by atoms with Crippen molar-refractivity contribution in [3.05, 3.63) is 58.6 Å². The first-order chi connectivity index (χ1) is 8.56. The van der Waals surface area contributed by atoms with Crippen LogP contribution in [0.3, 0.4) is 0 Å². The second kappa shape index (κ2) is 5.23. The maximum atomic E-state index is 13.3. The molecule has 0 fully saturated rings. The van der Waals surface area contributed by atoms with Gasteiger partial charge in [0.05, 0.1) is 5.02 Å². The van der Waals surface area contributed by atoms with Crippen molar-refractivity contribution < 1.29 is 13.5 Å². The molecule has 0 heterocycles. The van der Waals surface area contributed by atoms with Gasteiger partial charge in [-0.2, -0.15) is 0 Å². The van der Waals surface area contributed by atoms with E-state index < -0.39 is 11.6 Å². The molecule has 5 heteroatoms. The van der Waals surface area contributed by atoms with E-state index in [4.69, 9.17) is 22.1 Å². The standard InChI is InChI=1S/C13H10ClF2NO/c14-11-6-10(17)3-4-13(11)18-7-8-1-2-9(15)5-12(8)16/h1-6H,7,17H2. The summed E-state index contributed by atoms with van der Waals surface area (Å²) in [6.45, 7) is -0.0320. The third-order valence-electron chi connectivity index (χ3n) is 2.35. The number of hydrogen-bond donors (Lipinski definition) is 1. The maximum absolute atomic E-state index is 13.3. The molecule has 0 bridgehead atoms. The van der Waals surface area contributed by atoms with Crippen LogP contribution in [0.1, 0.15) is 5.56 Å². The van der Waals surface area contributed by atoms with E-state index in [1.54, 1.807) is 12.1 Å². The predicted molar refractivity (Wildman–Crippen MR) is 66.6 cm³/mol. The first-order valence-electron chi connectivity index (χ1n) is 5.18. The summed E-state index contributed by atoms with van der Waals surface area (Å²) in [4.78, 5) is 0. The lowest BCUT2D eigenvalue weighted by Gasteiger charge is -2.09. The molecule has 94 valence electrons. The third-order valence-corrected chi connectivity index (χ3v) is 2.65. The molecule has 0 amide bonds. The van der Waals surface area contributed by atoms with Crippen molar-refractivity contribution in [3.63, 3.8) is 0 Å². The second-order valence-electron chi connectivity index (χ2n) is 3.71. The molecular formula is C13H10ClF2NO. The van der Waals surface area contributed by atoms with E-state index in [0.717, 1.165) is 6.07 Å². The number of nitrogens with two attached hydrogens (primary N) is 1. The van der Waals surface area contributed by atoms with E-state index in [2.05, 4.69) is 0 Å². The van der Waals surface area contributed by atoms with Gasteiger partial charge < -0.3 is 10.5 Å². The molecule has 2 nitrogen and oxygen atoms in total. The normalized spacial score (nSPS) is 10.4. The molecule has 0 aromatic heterocycles. The van der Waals surface area contributed by atoms with Gasteiger partial charge in [0.15, 0.2) is 0 Å². The van der Waals surface area contributed by atoms with Gasteiger partial charge in [-0.15, -0.1) is 0 Å². The molecule has 0 aliphatic heterocycles. The molecule has 0 saturated heterocycles. The minimum absolute atomic E-state index is 0.0320. The molecule has 18 heavy (non-hydrogen) atoms. The highest BCUT2D eigenvalue weighted by atomic mass is 35.5. The van der Waals surface area contributed by atoms with Crippen LogP contribution in [0.25, 0.3) is 0 Å². The van der Waals surface area contributed by atoms with Crippen LogP contribution in [0.15, 0.2) is 36.4 Å². The number of nitrogen functional groups attached to an aromatic ring is 1. The summed E-state index contributed by atoms with van der Waals surface area (Å²) in [5.41, 5.74) is 6.30. The molecule has 0 saturated carbocycles. The van der Waals surface area contributed by atoms with Crippen LogP contribution >= 0.6 is 11.6 Å². The van der Waals surface area contributed by atoms with Gasteiger partial charge in [0.2, 0.25) is 0 Å². The SMILES string of the molecule is Nc1ccc(OCc2ccc(F)cc2F)c(Cl)c1. The van der Waals surface area contributed by atoms with Crippen molar-refractivity contribution >= 4 is 17.3 Å². The fraction of sp³-hybridized carbons (Fsp3) is 0.0769. The fourth-order valence-corrected chi connectivity index (χ4v) is 1.67. The minimum atomic E-state index is -0.651. The molecule has 2 N–H and O–H groups in total. The molecular weight excluding hydrogens is 260 g/mol. The zero-order valence-electron chi connectivity index (χ0n) is 9.29. The molecule has 0 spiro atoms. The van der Waals surface area contributed by atoms with Gasteiger partial charge in [-0.3, -0.25) is 0 Å². The zero-order chi connectivity index (χ0) is 13.1.